The minimum atomic E-state index is -0.558. The molecule has 8 nitrogen and oxygen atoms in total. The van der Waals surface area contributed by atoms with Crippen molar-refractivity contribution in [2.45, 2.75) is 39.0 Å². The van der Waals surface area contributed by atoms with E-state index in [1.54, 1.807) is 18.9 Å². The maximum Gasteiger partial charge on any atom is 0.336 e. The van der Waals surface area contributed by atoms with E-state index in [9.17, 15) is 9.59 Å². The van der Waals surface area contributed by atoms with Gasteiger partial charge in [-0.15, -0.1) is 0 Å². The SMILES string of the molecule is CCOc1ccc(C2C=C3NC(C)=C(C(=O)OCCSCC)C(c4ccc5c(c4)OCO5)C3C(=O)C2)cc1OC. The molecule has 1 N–H and O–H groups in total. The predicted molar refractivity (Wildman–Crippen MR) is 153 cm³/mol. The second-order valence-electron chi connectivity index (χ2n) is 9.81. The van der Waals surface area contributed by atoms with Crippen LogP contribution < -0.4 is 24.3 Å². The van der Waals surface area contributed by atoms with Crippen molar-refractivity contribution in [3.8, 4) is 23.0 Å². The maximum atomic E-state index is 14.0. The number of benzene rings is 2. The monoisotopic (exact) mass is 565 g/mol. The van der Waals surface area contributed by atoms with Gasteiger partial charge in [0.05, 0.1) is 25.2 Å². The zero-order valence-corrected chi connectivity index (χ0v) is 24.1. The van der Waals surface area contributed by atoms with Gasteiger partial charge in [0.1, 0.15) is 12.4 Å². The van der Waals surface area contributed by atoms with Crippen molar-refractivity contribution in [2.75, 3.05) is 38.6 Å². The fourth-order valence-electron chi connectivity index (χ4n) is 5.63. The number of fused-ring (bicyclic) bond motifs is 2. The third-order valence-electron chi connectivity index (χ3n) is 7.42. The summed E-state index contributed by atoms with van der Waals surface area (Å²) in [5.74, 6) is 2.63. The Kier molecular flexibility index (Phi) is 8.59. The highest BCUT2D eigenvalue weighted by atomic mass is 32.2. The normalized spacial score (nSPS) is 21.4. The molecule has 0 fully saturated rings. The molecular weight excluding hydrogens is 530 g/mol. The van der Waals surface area contributed by atoms with Gasteiger partial charge in [0.15, 0.2) is 23.0 Å². The Morgan fingerprint density at radius 2 is 1.85 bits per heavy atom. The van der Waals surface area contributed by atoms with Crippen LogP contribution in [0.3, 0.4) is 0 Å². The Morgan fingerprint density at radius 1 is 1.05 bits per heavy atom. The van der Waals surface area contributed by atoms with Gasteiger partial charge in [0, 0.05) is 35.4 Å². The number of Topliss-reactive ketones (excluding diaryl/α,β-unsaturated/α-hetero) is 1. The van der Waals surface area contributed by atoms with E-state index >= 15 is 0 Å². The highest BCUT2D eigenvalue weighted by Crippen LogP contribution is 2.48. The van der Waals surface area contributed by atoms with Gasteiger partial charge in [-0.3, -0.25) is 4.79 Å². The fourth-order valence-corrected chi connectivity index (χ4v) is 6.12. The lowest BCUT2D eigenvalue weighted by atomic mass is 9.68. The van der Waals surface area contributed by atoms with Crippen molar-refractivity contribution >= 4 is 23.5 Å². The largest absolute Gasteiger partial charge is 0.493 e. The second-order valence-corrected chi connectivity index (χ2v) is 11.2. The molecule has 212 valence electrons. The number of hydrogen-bond donors (Lipinski definition) is 1. The first-order valence-corrected chi connectivity index (χ1v) is 14.8. The van der Waals surface area contributed by atoms with E-state index in [1.165, 1.54) is 0 Å². The number of hydrogen-bond acceptors (Lipinski definition) is 9. The molecule has 2 heterocycles. The lowest BCUT2D eigenvalue weighted by molar-refractivity contribution is -0.139. The summed E-state index contributed by atoms with van der Waals surface area (Å²) in [7, 11) is 1.61. The number of allylic oxidation sites excluding steroid dienone is 3. The summed E-state index contributed by atoms with van der Waals surface area (Å²) >= 11 is 1.71. The molecule has 2 aromatic carbocycles. The summed E-state index contributed by atoms with van der Waals surface area (Å²) in [6.07, 6.45) is 2.40. The van der Waals surface area contributed by atoms with Gasteiger partial charge in [-0.1, -0.05) is 25.1 Å². The van der Waals surface area contributed by atoms with Crippen LogP contribution in [-0.2, 0) is 14.3 Å². The van der Waals surface area contributed by atoms with Crippen molar-refractivity contribution < 1.29 is 33.3 Å². The number of carbonyl (C=O) groups excluding carboxylic acids is 2. The molecule has 0 amide bonds. The first-order chi connectivity index (χ1) is 19.4. The molecule has 0 radical (unpaired) electrons. The highest BCUT2D eigenvalue weighted by molar-refractivity contribution is 7.99. The van der Waals surface area contributed by atoms with Crippen molar-refractivity contribution in [1.82, 2.24) is 5.32 Å². The number of ketones is 1. The number of ether oxygens (including phenoxy) is 5. The Bertz CT molecular complexity index is 1350. The molecule has 3 aliphatic rings. The Balaban J connectivity index is 1.53. The summed E-state index contributed by atoms with van der Waals surface area (Å²) < 4.78 is 28.1. The van der Waals surface area contributed by atoms with Crippen LogP contribution in [0.5, 0.6) is 23.0 Å². The minimum absolute atomic E-state index is 0.0462. The molecule has 40 heavy (non-hydrogen) atoms. The molecule has 0 saturated carbocycles. The van der Waals surface area contributed by atoms with Gasteiger partial charge in [0.25, 0.3) is 0 Å². The van der Waals surface area contributed by atoms with E-state index in [-0.39, 0.29) is 18.5 Å². The zero-order valence-electron chi connectivity index (χ0n) is 23.3. The molecule has 3 atom stereocenters. The number of thioether (sulfide) groups is 1. The van der Waals surface area contributed by atoms with E-state index in [1.807, 2.05) is 50.2 Å². The molecule has 0 bridgehead atoms. The molecule has 5 rings (SSSR count). The maximum absolute atomic E-state index is 14.0. The summed E-state index contributed by atoms with van der Waals surface area (Å²) in [6.45, 7) is 6.84. The van der Waals surface area contributed by atoms with Crippen molar-refractivity contribution in [3.63, 3.8) is 0 Å². The predicted octanol–water partition coefficient (Wildman–Crippen LogP) is 5.34. The van der Waals surface area contributed by atoms with Crippen LogP contribution >= 0.6 is 11.8 Å². The first kappa shape index (κ1) is 28.0. The molecule has 3 unspecified atom stereocenters. The van der Waals surface area contributed by atoms with Gasteiger partial charge in [-0.2, -0.15) is 11.8 Å². The van der Waals surface area contributed by atoms with Gasteiger partial charge < -0.3 is 29.0 Å². The summed E-state index contributed by atoms with van der Waals surface area (Å²) in [5.41, 5.74) is 3.70. The van der Waals surface area contributed by atoms with E-state index < -0.39 is 17.8 Å². The molecule has 0 saturated heterocycles. The van der Waals surface area contributed by atoms with Gasteiger partial charge in [-0.05, 0) is 55.0 Å². The van der Waals surface area contributed by atoms with E-state index in [0.29, 0.717) is 53.9 Å². The molecule has 0 aromatic heterocycles. The summed E-state index contributed by atoms with van der Waals surface area (Å²) in [5, 5.41) is 3.40. The highest BCUT2D eigenvalue weighted by Gasteiger charge is 2.45. The smallest absolute Gasteiger partial charge is 0.336 e. The number of esters is 1. The fraction of sp³-hybridized carbons (Fsp3) is 0.419. The number of nitrogens with one attached hydrogen (secondary N) is 1. The zero-order chi connectivity index (χ0) is 28.2. The van der Waals surface area contributed by atoms with Gasteiger partial charge in [-0.25, -0.2) is 4.79 Å². The average molecular weight is 566 g/mol. The minimum Gasteiger partial charge on any atom is -0.493 e. The molecule has 2 aliphatic heterocycles. The Labute approximate surface area is 239 Å². The lowest BCUT2D eigenvalue weighted by Gasteiger charge is -2.39. The Hall–Kier alpha value is -3.59. The molecule has 1 aliphatic carbocycles. The standard InChI is InChI=1S/C31H35NO7S/c1-5-36-24-9-7-19(15-26(24)35-4)21-13-22-30(23(33)14-21)29(20-8-10-25-27(16-20)39-17-38-25)28(18(3)32-22)31(34)37-11-12-40-6-2/h7-10,13,15-16,21,29-30,32H,5-6,11-12,14,17H2,1-4H3. The topological polar surface area (TPSA) is 92.3 Å². The second kappa shape index (κ2) is 12.3. The van der Waals surface area contributed by atoms with Crippen molar-refractivity contribution in [3.05, 3.63) is 70.6 Å². The van der Waals surface area contributed by atoms with Crippen LogP contribution in [-0.4, -0.2) is 50.4 Å². The van der Waals surface area contributed by atoms with Gasteiger partial charge in [0.2, 0.25) is 6.79 Å². The third kappa shape index (κ3) is 5.52. The van der Waals surface area contributed by atoms with Crippen molar-refractivity contribution in [2.24, 2.45) is 5.92 Å². The first-order valence-electron chi connectivity index (χ1n) is 13.6. The van der Waals surface area contributed by atoms with E-state index in [0.717, 1.165) is 28.3 Å². The molecule has 0 spiro atoms. The van der Waals surface area contributed by atoms with Crippen molar-refractivity contribution in [1.29, 1.82) is 0 Å². The summed E-state index contributed by atoms with van der Waals surface area (Å²) in [4.78, 5) is 27.4. The number of methoxy groups -OCH3 is 1. The molecule has 2 aromatic rings. The quantitative estimate of drug-likeness (QED) is 0.303. The third-order valence-corrected chi connectivity index (χ3v) is 8.28. The van der Waals surface area contributed by atoms with Crippen LogP contribution in [0, 0.1) is 5.92 Å². The summed E-state index contributed by atoms with van der Waals surface area (Å²) in [6, 6.07) is 11.4. The number of carbonyl (C=O) groups is 2. The Morgan fingerprint density at radius 3 is 2.62 bits per heavy atom. The van der Waals surface area contributed by atoms with E-state index in [2.05, 4.69) is 18.3 Å². The van der Waals surface area contributed by atoms with Crippen LogP contribution in [0.15, 0.2) is 59.4 Å². The van der Waals surface area contributed by atoms with Crippen LogP contribution in [0.25, 0.3) is 0 Å². The van der Waals surface area contributed by atoms with E-state index in [4.69, 9.17) is 23.7 Å². The molecule has 9 heteroatoms. The van der Waals surface area contributed by atoms with Crippen LogP contribution in [0.4, 0.5) is 0 Å². The van der Waals surface area contributed by atoms with Crippen LogP contribution in [0.1, 0.15) is 50.2 Å². The number of rotatable bonds is 10. The average Bonchev–Trinajstić information content (AvgIpc) is 3.43. The van der Waals surface area contributed by atoms with Crippen LogP contribution in [0.2, 0.25) is 0 Å². The molecular formula is C31H35NO7S. The lowest BCUT2D eigenvalue weighted by Crippen LogP contribution is -2.42. The van der Waals surface area contributed by atoms with Gasteiger partial charge >= 0.3 is 5.97 Å².